The van der Waals surface area contributed by atoms with Gasteiger partial charge in [-0.25, -0.2) is 9.78 Å². The molecule has 0 spiro atoms. The third-order valence-corrected chi connectivity index (χ3v) is 2.51. The molecule has 0 aliphatic heterocycles. The molecule has 1 aromatic heterocycles. The van der Waals surface area contributed by atoms with E-state index < -0.39 is 12.6 Å². The summed E-state index contributed by atoms with van der Waals surface area (Å²) in [6, 6.07) is 9.53. The van der Waals surface area contributed by atoms with Gasteiger partial charge >= 0.3 is 5.97 Å². The maximum Gasteiger partial charge on any atom is 0.341 e. The summed E-state index contributed by atoms with van der Waals surface area (Å²) < 4.78 is 5.08. The van der Waals surface area contributed by atoms with Crippen LogP contribution in [0.4, 0.5) is 0 Å². The zero-order chi connectivity index (χ0) is 13.8. The van der Waals surface area contributed by atoms with E-state index in [0.717, 1.165) is 11.1 Å². The summed E-state index contributed by atoms with van der Waals surface area (Å²) in [4.78, 5) is 18.9. The molecule has 5 nitrogen and oxygen atoms in total. The van der Waals surface area contributed by atoms with Crippen molar-refractivity contribution >= 4 is 5.97 Å². The molecule has 0 fully saturated rings. The first-order valence-corrected chi connectivity index (χ1v) is 5.82. The summed E-state index contributed by atoms with van der Waals surface area (Å²) >= 11 is 0. The SMILES string of the molecule is Cc1ccc(-c2cc(OCC(=O)O)nc(C)n2)cc1. The third kappa shape index (κ3) is 3.51. The van der Waals surface area contributed by atoms with Crippen LogP contribution in [0.15, 0.2) is 30.3 Å². The lowest BCUT2D eigenvalue weighted by atomic mass is 10.1. The molecule has 0 aliphatic carbocycles. The van der Waals surface area contributed by atoms with Crippen LogP contribution in [0.3, 0.4) is 0 Å². The van der Waals surface area contributed by atoms with Gasteiger partial charge in [-0.05, 0) is 13.8 Å². The summed E-state index contributed by atoms with van der Waals surface area (Å²) in [5.74, 6) is -0.225. The molecule has 5 heteroatoms. The number of aliphatic carboxylic acids is 1. The Hall–Kier alpha value is -2.43. The van der Waals surface area contributed by atoms with Crippen molar-refractivity contribution in [2.24, 2.45) is 0 Å². The second kappa shape index (κ2) is 5.48. The number of carboxylic acid groups (broad SMARTS) is 1. The topological polar surface area (TPSA) is 72.3 Å². The second-order valence-electron chi connectivity index (χ2n) is 4.19. The molecule has 2 aromatic rings. The van der Waals surface area contributed by atoms with Crippen molar-refractivity contribution < 1.29 is 14.6 Å². The van der Waals surface area contributed by atoms with Crippen LogP contribution in [0.2, 0.25) is 0 Å². The standard InChI is InChI=1S/C14H14N2O3/c1-9-3-5-11(6-4-9)12-7-13(16-10(2)15-12)19-8-14(17)18/h3-7H,8H2,1-2H3,(H,17,18). The van der Waals surface area contributed by atoms with Crippen LogP contribution in [-0.2, 0) is 4.79 Å². The number of carboxylic acids is 1. The predicted octanol–water partition coefficient (Wildman–Crippen LogP) is 2.22. The van der Waals surface area contributed by atoms with Gasteiger partial charge < -0.3 is 9.84 Å². The van der Waals surface area contributed by atoms with E-state index in [-0.39, 0.29) is 5.88 Å². The maximum absolute atomic E-state index is 10.5. The lowest BCUT2D eigenvalue weighted by Crippen LogP contribution is -2.11. The lowest BCUT2D eigenvalue weighted by Gasteiger charge is -2.07. The average Bonchev–Trinajstić information content (AvgIpc) is 2.36. The predicted molar refractivity (Wildman–Crippen MR) is 70.1 cm³/mol. The number of rotatable bonds is 4. The van der Waals surface area contributed by atoms with Gasteiger partial charge in [-0.1, -0.05) is 29.8 Å². The second-order valence-corrected chi connectivity index (χ2v) is 4.19. The number of ether oxygens (including phenoxy) is 1. The van der Waals surface area contributed by atoms with Crippen molar-refractivity contribution in [3.63, 3.8) is 0 Å². The highest BCUT2D eigenvalue weighted by atomic mass is 16.5. The van der Waals surface area contributed by atoms with Gasteiger partial charge in [0.2, 0.25) is 5.88 Å². The molecule has 0 unspecified atom stereocenters. The van der Waals surface area contributed by atoms with Gasteiger partial charge in [0, 0.05) is 11.6 Å². The van der Waals surface area contributed by atoms with E-state index in [2.05, 4.69) is 9.97 Å². The smallest absolute Gasteiger partial charge is 0.341 e. The number of aryl methyl sites for hydroxylation is 2. The molecule has 0 saturated carbocycles. The molecule has 1 N–H and O–H groups in total. The Morgan fingerprint density at radius 2 is 1.89 bits per heavy atom. The molecule has 19 heavy (non-hydrogen) atoms. The Bertz CT molecular complexity index is 594. The molecule has 1 aromatic carbocycles. The quantitative estimate of drug-likeness (QED) is 0.910. The molecule has 0 radical (unpaired) electrons. The molecule has 0 atom stereocenters. The van der Waals surface area contributed by atoms with E-state index in [0.29, 0.717) is 11.5 Å². The van der Waals surface area contributed by atoms with Crippen LogP contribution < -0.4 is 4.74 Å². The molecule has 0 aliphatic rings. The molecular weight excluding hydrogens is 244 g/mol. The van der Waals surface area contributed by atoms with Gasteiger partial charge in [0.25, 0.3) is 0 Å². The maximum atomic E-state index is 10.5. The molecule has 2 rings (SSSR count). The van der Waals surface area contributed by atoms with Crippen LogP contribution >= 0.6 is 0 Å². The molecule has 0 bridgehead atoms. The van der Waals surface area contributed by atoms with Gasteiger partial charge in [-0.15, -0.1) is 0 Å². The van der Waals surface area contributed by atoms with Crippen LogP contribution in [0, 0.1) is 13.8 Å². The molecular formula is C14H14N2O3. The van der Waals surface area contributed by atoms with E-state index >= 15 is 0 Å². The summed E-state index contributed by atoms with van der Waals surface area (Å²) in [6.45, 7) is 3.34. The van der Waals surface area contributed by atoms with Gasteiger partial charge in [0.1, 0.15) is 5.82 Å². The summed E-state index contributed by atoms with van der Waals surface area (Å²) in [6.07, 6.45) is 0. The van der Waals surface area contributed by atoms with Gasteiger partial charge in [-0.3, -0.25) is 0 Å². The third-order valence-electron chi connectivity index (χ3n) is 2.51. The Morgan fingerprint density at radius 1 is 1.21 bits per heavy atom. The number of carbonyl (C=O) groups is 1. The summed E-state index contributed by atoms with van der Waals surface area (Å²) in [5.41, 5.74) is 2.82. The van der Waals surface area contributed by atoms with E-state index in [1.54, 1.807) is 13.0 Å². The Morgan fingerprint density at radius 3 is 2.53 bits per heavy atom. The number of hydrogen-bond donors (Lipinski definition) is 1. The minimum atomic E-state index is -1.03. The highest BCUT2D eigenvalue weighted by Crippen LogP contribution is 2.21. The monoisotopic (exact) mass is 258 g/mol. The number of aromatic nitrogens is 2. The van der Waals surface area contributed by atoms with Crippen molar-refractivity contribution in [3.05, 3.63) is 41.7 Å². The first-order chi connectivity index (χ1) is 9.04. The largest absolute Gasteiger partial charge is 0.479 e. The zero-order valence-electron chi connectivity index (χ0n) is 10.8. The van der Waals surface area contributed by atoms with Crippen molar-refractivity contribution in [1.29, 1.82) is 0 Å². The summed E-state index contributed by atoms with van der Waals surface area (Å²) in [5, 5.41) is 8.59. The zero-order valence-corrected chi connectivity index (χ0v) is 10.8. The van der Waals surface area contributed by atoms with E-state index in [1.165, 1.54) is 0 Å². The molecule has 1 heterocycles. The number of nitrogens with zero attached hydrogens (tertiary/aromatic N) is 2. The van der Waals surface area contributed by atoms with Crippen molar-refractivity contribution in [2.75, 3.05) is 6.61 Å². The minimum Gasteiger partial charge on any atom is -0.479 e. The fraction of sp³-hybridized carbons (Fsp3) is 0.214. The lowest BCUT2D eigenvalue weighted by molar-refractivity contribution is -0.139. The van der Waals surface area contributed by atoms with Crippen molar-refractivity contribution in [2.45, 2.75) is 13.8 Å². The number of benzene rings is 1. The van der Waals surface area contributed by atoms with E-state index in [1.807, 2.05) is 31.2 Å². The van der Waals surface area contributed by atoms with Crippen molar-refractivity contribution in [3.8, 4) is 17.1 Å². The molecule has 0 saturated heterocycles. The minimum absolute atomic E-state index is 0.269. The first-order valence-electron chi connectivity index (χ1n) is 5.82. The normalized spacial score (nSPS) is 10.2. The van der Waals surface area contributed by atoms with Crippen LogP contribution in [0.5, 0.6) is 5.88 Å². The van der Waals surface area contributed by atoms with Crippen LogP contribution in [-0.4, -0.2) is 27.7 Å². The van der Waals surface area contributed by atoms with Gasteiger partial charge in [0.15, 0.2) is 6.61 Å². The number of hydrogen-bond acceptors (Lipinski definition) is 4. The fourth-order valence-electron chi connectivity index (χ4n) is 1.62. The van der Waals surface area contributed by atoms with E-state index in [9.17, 15) is 4.79 Å². The van der Waals surface area contributed by atoms with E-state index in [4.69, 9.17) is 9.84 Å². The van der Waals surface area contributed by atoms with Gasteiger partial charge in [0.05, 0.1) is 5.69 Å². The Labute approximate surface area is 110 Å². The Balaban J connectivity index is 2.30. The van der Waals surface area contributed by atoms with Crippen LogP contribution in [0.1, 0.15) is 11.4 Å². The average molecular weight is 258 g/mol. The first kappa shape index (κ1) is 13.0. The fourth-order valence-corrected chi connectivity index (χ4v) is 1.62. The highest BCUT2D eigenvalue weighted by molar-refractivity contribution is 5.68. The summed E-state index contributed by atoms with van der Waals surface area (Å²) in [7, 11) is 0. The molecule has 98 valence electrons. The van der Waals surface area contributed by atoms with Crippen LogP contribution in [0.25, 0.3) is 11.3 Å². The van der Waals surface area contributed by atoms with Gasteiger partial charge in [-0.2, -0.15) is 4.98 Å². The highest BCUT2D eigenvalue weighted by Gasteiger charge is 2.07. The Kier molecular flexibility index (Phi) is 3.75. The molecule has 0 amide bonds. The van der Waals surface area contributed by atoms with Crippen molar-refractivity contribution in [1.82, 2.24) is 9.97 Å².